The van der Waals surface area contributed by atoms with E-state index in [1.54, 1.807) is 0 Å². The summed E-state index contributed by atoms with van der Waals surface area (Å²) in [7, 11) is 2.25. The number of likely N-dealkylation sites (N-methyl/N-ethyl adjacent to an activating group) is 1. The lowest BCUT2D eigenvalue weighted by Gasteiger charge is -2.41. The summed E-state index contributed by atoms with van der Waals surface area (Å²) in [6.07, 6.45) is 6.84. The molecule has 4 nitrogen and oxygen atoms in total. The van der Waals surface area contributed by atoms with E-state index < -0.39 is 5.97 Å². The molecule has 0 aromatic rings. The van der Waals surface area contributed by atoms with Crippen molar-refractivity contribution in [2.75, 3.05) is 20.1 Å². The van der Waals surface area contributed by atoms with E-state index in [1.807, 2.05) is 0 Å². The smallest absolute Gasteiger partial charge is 0.308 e. The first-order valence-electron chi connectivity index (χ1n) is 8.25. The van der Waals surface area contributed by atoms with Crippen LogP contribution in [0.1, 0.15) is 45.4 Å². The molecule has 1 aliphatic carbocycles. The van der Waals surface area contributed by atoms with Crippen molar-refractivity contribution in [1.82, 2.24) is 9.80 Å². The Kier molecular flexibility index (Phi) is 4.04. The zero-order valence-corrected chi connectivity index (χ0v) is 12.8. The molecule has 2 saturated heterocycles. The number of carbonyl (C=O) groups is 1. The van der Waals surface area contributed by atoms with Gasteiger partial charge in [0.05, 0.1) is 5.92 Å². The van der Waals surface area contributed by atoms with Crippen molar-refractivity contribution in [1.29, 1.82) is 0 Å². The summed E-state index contributed by atoms with van der Waals surface area (Å²) in [4.78, 5) is 16.7. The van der Waals surface area contributed by atoms with E-state index in [-0.39, 0.29) is 12.0 Å². The molecule has 3 aliphatic rings. The minimum atomic E-state index is -0.579. The molecule has 1 N–H and O–H groups in total. The third kappa shape index (κ3) is 2.60. The molecule has 0 aromatic carbocycles. The SMILES string of the molecule is CC1CCC(C(=O)O)C(N2CCC3CCC(C2)N3C)C1. The first-order chi connectivity index (χ1) is 9.56. The van der Waals surface area contributed by atoms with Crippen molar-refractivity contribution < 1.29 is 9.90 Å². The fraction of sp³-hybridized carbons (Fsp3) is 0.938. The summed E-state index contributed by atoms with van der Waals surface area (Å²) < 4.78 is 0. The van der Waals surface area contributed by atoms with Crippen LogP contribution in [0.3, 0.4) is 0 Å². The second-order valence-electron chi connectivity index (χ2n) is 7.26. The van der Waals surface area contributed by atoms with Crippen molar-refractivity contribution >= 4 is 5.97 Å². The number of carboxylic acids is 1. The summed E-state index contributed by atoms with van der Waals surface area (Å²) in [5, 5.41) is 9.54. The highest BCUT2D eigenvalue weighted by atomic mass is 16.4. The first kappa shape index (κ1) is 14.3. The van der Waals surface area contributed by atoms with Gasteiger partial charge in [-0.25, -0.2) is 0 Å². The Morgan fingerprint density at radius 2 is 1.85 bits per heavy atom. The molecule has 114 valence electrons. The van der Waals surface area contributed by atoms with Gasteiger partial charge in [-0.05, 0) is 51.5 Å². The van der Waals surface area contributed by atoms with Crippen LogP contribution >= 0.6 is 0 Å². The van der Waals surface area contributed by atoms with Crippen LogP contribution in [0, 0.1) is 11.8 Å². The maximum atomic E-state index is 11.6. The Balaban J connectivity index is 1.74. The lowest BCUT2D eigenvalue weighted by atomic mass is 9.78. The summed E-state index contributed by atoms with van der Waals surface area (Å²) in [6, 6.07) is 1.65. The van der Waals surface area contributed by atoms with Gasteiger partial charge in [0, 0.05) is 31.2 Å². The Bertz CT molecular complexity index is 373. The Hall–Kier alpha value is -0.610. The van der Waals surface area contributed by atoms with E-state index >= 15 is 0 Å². The zero-order valence-electron chi connectivity index (χ0n) is 12.8. The second kappa shape index (κ2) is 5.64. The van der Waals surface area contributed by atoms with E-state index in [9.17, 15) is 9.90 Å². The van der Waals surface area contributed by atoms with Gasteiger partial charge >= 0.3 is 5.97 Å². The molecular formula is C16H28N2O2. The van der Waals surface area contributed by atoms with Gasteiger partial charge in [0.15, 0.2) is 0 Å². The van der Waals surface area contributed by atoms with Crippen molar-refractivity contribution in [3.8, 4) is 0 Å². The maximum Gasteiger partial charge on any atom is 0.308 e. The molecule has 1 saturated carbocycles. The molecule has 2 bridgehead atoms. The van der Waals surface area contributed by atoms with Gasteiger partial charge in [-0.1, -0.05) is 6.92 Å². The van der Waals surface area contributed by atoms with Gasteiger partial charge in [0.1, 0.15) is 0 Å². The van der Waals surface area contributed by atoms with Gasteiger partial charge in [-0.3, -0.25) is 14.6 Å². The molecule has 4 heteroatoms. The molecule has 3 rings (SSSR count). The van der Waals surface area contributed by atoms with Crippen LogP contribution in [0.2, 0.25) is 0 Å². The maximum absolute atomic E-state index is 11.6. The molecule has 0 spiro atoms. The fourth-order valence-corrected chi connectivity index (χ4v) is 4.68. The van der Waals surface area contributed by atoms with Crippen LogP contribution in [0.5, 0.6) is 0 Å². The Morgan fingerprint density at radius 3 is 2.60 bits per heavy atom. The summed E-state index contributed by atoms with van der Waals surface area (Å²) in [5.74, 6) is -0.0495. The molecule has 2 aliphatic heterocycles. The third-order valence-electron chi connectivity index (χ3n) is 6.04. The summed E-state index contributed by atoms with van der Waals surface area (Å²) >= 11 is 0. The minimum absolute atomic E-state index is 0.145. The first-order valence-corrected chi connectivity index (χ1v) is 8.25. The van der Waals surface area contributed by atoms with Gasteiger partial charge in [-0.2, -0.15) is 0 Å². The quantitative estimate of drug-likeness (QED) is 0.841. The predicted molar refractivity (Wildman–Crippen MR) is 78.7 cm³/mol. The Morgan fingerprint density at radius 1 is 1.10 bits per heavy atom. The van der Waals surface area contributed by atoms with E-state index in [2.05, 4.69) is 23.8 Å². The van der Waals surface area contributed by atoms with Crippen LogP contribution in [0.15, 0.2) is 0 Å². The lowest BCUT2D eigenvalue weighted by molar-refractivity contribution is -0.146. The van der Waals surface area contributed by atoms with E-state index in [1.165, 1.54) is 19.3 Å². The molecule has 5 atom stereocenters. The van der Waals surface area contributed by atoms with Gasteiger partial charge in [-0.15, -0.1) is 0 Å². The number of carboxylic acid groups (broad SMARTS) is 1. The van der Waals surface area contributed by atoms with E-state index in [0.717, 1.165) is 38.4 Å². The predicted octanol–water partition coefficient (Wildman–Crippen LogP) is 2.04. The fourth-order valence-electron chi connectivity index (χ4n) is 4.68. The molecule has 0 aromatic heterocycles. The number of nitrogens with zero attached hydrogens (tertiary/aromatic N) is 2. The average molecular weight is 280 g/mol. The van der Waals surface area contributed by atoms with Crippen LogP contribution in [0.25, 0.3) is 0 Å². The number of fused-ring (bicyclic) bond motifs is 2. The summed E-state index contributed by atoms with van der Waals surface area (Å²) in [6.45, 7) is 4.45. The summed E-state index contributed by atoms with van der Waals surface area (Å²) in [5.41, 5.74) is 0. The highest BCUT2D eigenvalue weighted by molar-refractivity contribution is 5.71. The van der Waals surface area contributed by atoms with Crippen molar-refractivity contribution in [2.24, 2.45) is 11.8 Å². The van der Waals surface area contributed by atoms with Crippen molar-refractivity contribution in [3.63, 3.8) is 0 Å². The Labute approximate surface area is 122 Å². The average Bonchev–Trinajstić information content (AvgIpc) is 2.62. The number of rotatable bonds is 2. The largest absolute Gasteiger partial charge is 0.481 e. The molecular weight excluding hydrogens is 252 g/mol. The highest BCUT2D eigenvalue weighted by Crippen LogP contribution is 2.36. The van der Waals surface area contributed by atoms with Crippen molar-refractivity contribution in [3.05, 3.63) is 0 Å². The third-order valence-corrected chi connectivity index (χ3v) is 6.04. The second-order valence-corrected chi connectivity index (χ2v) is 7.26. The number of aliphatic carboxylic acids is 1. The number of hydrogen-bond donors (Lipinski definition) is 1. The highest BCUT2D eigenvalue weighted by Gasteiger charge is 2.41. The molecule has 3 fully saturated rings. The minimum Gasteiger partial charge on any atom is -0.481 e. The van der Waals surface area contributed by atoms with Crippen LogP contribution < -0.4 is 0 Å². The monoisotopic (exact) mass is 280 g/mol. The molecule has 20 heavy (non-hydrogen) atoms. The lowest BCUT2D eigenvalue weighted by Crippen LogP contribution is -2.49. The van der Waals surface area contributed by atoms with Gasteiger partial charge in [0.25, 0.3) is 0 Å². The molecule has 5 unspecified atom stereocenters. The van der Waals surface area contributed by atoms with Gasteiger partial charge in [0.2, 0.25) is 0 Å². The molecule has 0 radical (unpaired) electrons. The van der Waals surface area contributed by atoms with E-state index in [4.69, 9.17) is 0 Å². The van der Waals surface area contributed by atoms with Crippen LogP contribution in [0.4, 0.5) is 0 Å². The zero-order chi connectivity index (χ0) is 14.3. The van der Waals surface area contributed by atoms with Gasteiger partial charge < -0.3 is 5.11 Å². The normalized spacial score (nSPS) is 43.4. The number of likely N-dealkylation sites (tertiary alicyclic amines) is 1. The van der Waals surface area contributed by atoms with Crippen LogP contribution in [-0.4, -0.2) is 59.1 Å². The number of hydrogen-bond acceptors (Lipinski definition) is 3. The van der Waals surface area contributed by atoms with Crippen molar-refractivity contribution in [2.45, 2.75) is 63.6 Å². The van der Waals surface area contributed by atoms with E-state index in [0.29, 0.717) is 12.0 Å². The molecule has 0 amide bonds. The molecule has 2 heterocycles. The topological polar surface area (TPSA) is 43.8 Å². The standard InChI is InChI=1S/C16H28N2O2/c1-11-3-6-14(16(19)20)15(9-11)18-8-7-12-4-5-13(10-18)17(12)2/h11-15H,3-10H2,1-2H3,(H,19,20). The van der Waals surface area contributed by atoms with Crippen LogP contribution in [-0.2, 0) is 4.79 Å².